The van der Waals surface area contributed by atoms with Gasteiger partial charge in [0.25, 0.3) is 5.91 Å². The van der Waals surface area contributed by atoms with Crippen LogP contribution in [0.1, 0.15) is 10.4 Å². The van der Waals surface area contributed by atoms with E-state index in [2.05, 4.69) is 5.32 Å². The minimum Gasteiger partial charge on any atom is -0.507 e. The molecule has 0 bridgehead atoms. The predicted octanol–water partition coefficient (Wildman–Crippen LogP) is -0.509. The molecule has 18 heavy (non-hydrogen) atoms. The number of carbonyl (C=O) groups is 1. The topological polar surface area (TPSA) is 110 Å². The number of carbonyl (C=O) groups excluding carboxylic acids is 1. The summed E-state index contributed by atoms with van der Waals surface area (Å²) >= 11 is 5.69. The first kappa shape index (κ1) is 14.7. The van der Waals surface area contributed by atoms with E-state index in [0.717, 1.165) is 0 Å². The average molecular weight is 276 g/mol. The van der Waals surface area contributed by atoms with Gasteiger partial charge in [-0.15, -0.1) is 0 Å². The van der Waals surface area contributed by atoms with Gasteiger partial charge in [-0.2, -0.15) is 0 Å². The fourth-order valence-electron chi connectivity index (χ4n) is 1.27. The normalized spacial score (nSPS) is 11.3. The summed E-state index contributed by atoms with van der Waals surface area (Å²) in [5.74, 6) is -1.05. The summed E-state index contributed by atoms with van der Waals surface area (Å²) in [6.07, 6.45) is 0. The van der Waals surface area contributed by atoms with Gasteiger partial charge in [-0.25, -0.2) is 0 Å². The highest BCUT2D eigenvalue weighted by atomic mass is 35.5. The maximum Gasteiger partial charge on any atom is 0.255 e. The molecule has 5 N–H and O–H groups in total. The monoisotopic (exact) mass is 275 g/mol. The molecule has 0 spiro atoms. The van der Waals surface area contributed by atoms with Crippen LogP contribution in [-0.4, -0.2) is 51.7 Å². The molecule has 1 aromatic rings. The molecule has 0 heterocycles. The molecule has 0 aliphatic rings. The highest BCUT2D eigenvalue weighted by Crippen LogP contribution is 2.21. The van der Waals surface area contributed by atoms with Crippen molar-refractivity contribution in [1.29, 1.82) is 0 Å². The van der Waals surface area contributed by atoms with Crippen molar-refractivity contribution < 1.29 is 25.2 Å². The quantitative estimate of drug-likeness (QED) is 0.497. The van der Waals surface area contributed by atoms with Gasteiger partial charge in [0.2, 0.25) is 0 Å². The molecular formula is C11H14ClNO5. The molecule has 0 radical (unpaired) electrons. The first-order valence-electron chi connectivity index (χ1n) is 5.11. The fourth-order valence-corrected chi connectivity index (χ4v) is 1.44. The van der Waals surface area contributed by atoms with Crippen LogP contribution in [0.3, 0.4) is 0 Å². The van der Waals surface area contributed by atoms with E-state index < -0.39 is 31.3 Å². The number of phenolic OH excluding ortho intramolecular Hbond substituents is 1. The zero-order valence-electron chi connectivity index (χ0n) is 9.43. The number of halogens is 1. The molecule has 1 amide bonds. The van der Waals surface area contributed by atoms with Crippen LogP contribution in [0.2, 0.25) is 5.02 Å². The molecule has 0 aliphatic carbocycles. The molecule has 6 nitrogen and oxygen atoms in total. The first-order valence-corrected chi connectivity index (χ1v) is 5.49. The van der Waals surface area contributed by atoms with E-state index in [1.807, 2.05) is 0 Å². The molecule has 7 heteroatoms. The number of benzene rings is 1. The minimum absolute atomic E-state index is 0.109. The maximum absolute atomic E-state index is 11.8. The zero-order chi connectivity index (χ0) is 13.8. The summed E-state index contributed by atoms with van der Waals surface area (Å²) in [7, 11) is 0. The number of amides is 1. The number of hydrogen-bond acceptors (Lipinski definition) is 5. The van der Waals surface area contributed by atoms with E-state index >= 15 is 0 Å². The largest absolute Gasteiger partial charge is 0.507 e. The van der Waals surface area contributed by atoms with Crippen molar-refractivity contribution in [3.8, 4) is 5.75 Å². The summed E-state index contributed by atoms with van der Waals surface area (Å²) in [6.45, 7) is -1.94. The third-order valence-electron chi connectivity index (χ3n) is 2.49. The van der Waals surface area contributed by atoms with Crippen molar-refractivity contribution in [3.63, 3.8) is 0 Å². The van der Waals surface area contributed by atoms with Gasteiger partial charge in [-0.3, -0.25) is 4.79 Å². The Hall–Kier alpha value is -1.34. The van der Waals surface area contributed by atoms with Gasteiger partial charge in [0.1, 0.15) is 11.3 Å². The van der Waals surface area contributed by atoms with Crippen LogP contribution in [0.5, 0.6) is 5.75 Å². The molecule has 0 fully saturated rings. The van der Waals surface area contributed by atoms with E-state index in [-0.39, 0.29) is 16.3 Å². The molecule has 0 aromatic heterocycles. The maximum atomic E-state index is 11.8. The number of aromatic hydroxyl groups is 1. The van der Waals surface area contributed by atoms with Gasteiger partial charge in [-0.05, 0) is 18.2 Å². The zero-order valence-corrected chi connectivity index (χ0v) is 10.2. The Labute approximate surface area is 108 Å². The predicted molar refractivity (Wildman–Crippen MR) is 64.6 cm³/mol. The Kier molecular flexibility index (Phi) is 4.92. The second-order valence-electron chi connectivity index (χ2n) is 3.87. The Morgan fingerprint density at radius 2 is 1.78 bits per heavy atom. The molecule has 0 saturated heterocycles. The fraction of sp³-hybridized carbons (Fsp3) is 0.364. The van der Waals surface area contributed by atoms with E-state index in [9.17, 15) is 9.90 Å². The SMILES string of the molecule is O=C(NC(CO)(CO)CO)c1cc(Cl)ccc1O. The van der Waals surface area contributed by atoms with Crippen LogP contribution >= 0.6 is 11.6 Å². The summed E-state index contributed by atoms with van der Waals surface area (Å²) in [5.41, 5.74) is -1.66. The van der Waals surface area contributed by atoms with Crippen LogP contribution in [0.25, 0.3) is 0 Å². The van der Waals surface area contributed by atoms with Crippen LogP contribution in [0, 0.1) is 0 Å². The Morgan fingerprint density at radius 1 is 1.22 bits per heavy atom. The minimum atomic E-state index is -1.55. The average Bonchev–Trinajstić information content (AvgIpc) is 2.38. The van der Waals surface area contributed by atoms with Crippen LogP contribution < -0.4 is 5.32 Å². The molecule has 100 valence electrons. The Balaban J connectivity index is 2.97. The molecule has 0 aliphatic heterocycles. The first-order chi connectivity index (χ1) is 8.48. The highest BCUT2D eigenvalue weighted by molar-refractivity contribution is 6.31. The van der Waals surface area contributed by atoms with Gasteiger partial charge in [0, 0.05) is 5.02 Å². The van der Waals surface area contributed by atoms with Crippen molar-refractivity contribution in [2.45, 2.75) is 5.54 Å². The van der Waals surface area contributed by atoms with Crippen molar-refractivity contribution in [2.75, 3.05) is 19.8 Å². The van der Waals surface area contributed by atoms with Gasteiger partial charge in [0.05, 0.1) is 25.4 Å². The lowest BCUT2D eigenvalue weighted by atomic mass is 10.0. The lowest BCUT2D eigenvalue weighted by Crippen LogP contribution is -2.57. The molecule has 0 unspecified atom stereocenters. The van der Waals surface area contributed by atoms with Crippen molar-refractivity contribution in [3.05, 3.63) is 28.8 Å². The lowest BCUT2D eigenvalue weighted by molar-refractivity contribution is 0.0374. The number of hydrogen-bond donors (Lipinski definition) is 5. The second kappa shape index (κ2) is 6.01. The molecular weight excluding hydrogens is 262 g/mol. The van der Waals surface area contributed by atoms with Crippen molar-refractivity contribution >= 4 is 17.5 Å². The second-order valence-corrected chi connectivity index (χ2v) is 4.31. The molecule has 1 rings (SSSR count). The third-order valence-corrected chi connectivity index (χ3v) is 2.73. The van der Waals surface area contributed by atoms with Crippen LogP contribution in [0.15, 0.2) is 18.2 Å². The van der Waals surface area contributed by atoms with Gasteiger partial charge in [0.15, 0.2) is 0 Å². The summed E-state index contributed by atoms with van der Waals surface area (Å²) in [4.78, 5) is 11.8. The number of nitrogens with one attached hydrogen (secondary N) is 1. The van der Waals surface area contributed by atoms with E-state index in [1.165, 1.54) is 18.2 Å². The Bertz CT molecular complexity index is 425. The summed E-state index contributed by atoms with van der Waals surface area (Å²) < 4.78 is 0. The number of aliphatic hydroxyl groups is 3. The lowest BCUT2D eigenvalue weighted by Gasteiger charge is -2.28. The summed E-state index contributed by atoms with van der Waals surface area (Å²) in [5, 5.41) is 39.2. The number of rotatable bonds is 5. The van der Waals surface area contributed by atoms with Crippen LogP contribution in [0.4, 0.5) is 0 Å². The smallest absolute Gasteiger partial charge is 0.255 e. The number of phenols is 1. The molecule has 0 saturated carbocycles. The van der Waals surface area contributed by atoms with Gasteiger partial charge >= 0.3 is 0 Å². The van der Waals surface area contributed by atoms with Crippen LogP contribution in [-0.2, 0) is 0 Å². The third kappa shape index (κ3) is 3.11. The van der Waals surface area contributed by atoms with Crippen molar-refractivity contribution in [2.24, 2.45) is 0 Å². The van der Waals surface area contributed by atoms with E-state index in [0.29, 0.717) is 0 Å². The molecule has 0 atom stereocenters. The van der Waals surface area contributed by atoms with Gasteiger partial charge < -0.3 is 25.7 Å². The molecule has 1 aromatic carbocycles. The van der Waals surface area contributed by atoms with E-state index in [4.69, 9.17) is 26.9 Å². The Morgan fingerprint density at radius 3 is 2.28 bits per heavy atom. The number of aliphatic hydroxyl groups excluding tert-OH is 3. The standard InChI is InChI=1S/C11H14ClNO5/c12-7-1-2-9(17)8(3-7)10(18)13-11(4-14,5-15)6-16/h1-3,14-17H,4-6H2,(H,13,18). The van der Waals surface area contributed by atoms with Gasteiger partial charge in [-0.1, -0.05) is 11.6 Å². The highest BCUT2D eigenvalue weighted by Gasteiger charge is 2.31. The summed E-state index contributed by atoms with van der Waals surface area (Å²) in [6, 6.07) is 3.89. The van der Waals surface area contributed by atoms with E-state index in [1.54, 1.807) is 0 Å². The van der Waals surface area contributed by atoms with Crippen molar-refractivity contribution in [1.82, 2.24) is 5.32 Å².